The Morgan fingerprint density at radius 2 is 2.11 bits per heavy atom. The highest BCUT2D eigenvalue weighted by molar-refractivity contribution is 5.70. The molecule has 0 aromatic heterocycles. The number of hydrogen-bond acceptors (Lipinski definition) is 2. The molecule has 1 aromatic carbocycles. The fourth-order valence-electron chi connectivity index (χ4n) is 4.81. The molecule has 1 N–H and O–H groups in total. The van der Waals surface area contributed by atoms with Gasteiger partial charge in [-0.15, -0.1) is 0 Å². The monoisotopic (exact) mass is 240 g/mol. The van der Waals surface area contributed by atoms with Crippen LogP contribution in [-0.2, 0) is 5.41 Å². The van der Waals surface area contributed by atoms with Gasteiger partial charge >= 0.3 is 0 Å². The van der Waals surface area contributed by atoms with E-state index < -0.39 is 0 Å². The minimum absolute atomic E-state index is 0.103. The van der Waals surface area contributed by atoms with Gasteiger partial charge in [-0.2, -0.15) is 0 Å². The Morgan fingerprint density at radius 3 is 3.00 bits per heavy atom. The van der Waals surface area contributed by atoms with Crippen LogP contribution in [0.3, 0.4) is 0 Å². The Labute approximate surface area is 109 Å². The van der Waals surface area contributed by atoms with Gasteiger partial charge in [-0.1, -0.05) is 30.4 Å². The van der Waals surface area contributed by atoms with Crippen molar-refractivity contribution >= 4 is 5.69 Å². The Balaban J connectivity index is 2.05. The number of hydrogen-bond donors (Lipinski definition) is 1. The molecule has 1 aliphatic carbocycles. The van der Waals surface area contributed by atoms with E-state index in [-0.39, 0.29) is 11.1 Å². The molecule has 4 rings (SSSR count). The summed E-state index contributed by atoms with van der Waals surface area (Å²) in [5, 5.41) is 3.82. The highest BCUT2D eigenvalue weighted by Gasteiger charge is 2.65. The molecule has 94 valence electrons. The number of nitrogens with zero attached hydrogens (tertiary/aromatic N) is 1. The minimum atomic E-state index is 0.103. The second-order valence-corrected chi connectivity index (χ2v) is 5.98. The first-order valence-electron chi connectivity index (χ1n) is 6.99. The SMILES string of the molecule is C=C1CCC[C@@]23NCC[C@@]12c1ccccc1N3C. The van der Waals surface area contributed by atoms with E-state index in [1.54, 1.807) is 0 Å². The average Bonchev–Trinajstić information content (AvgIpc) is 2.88. The maximum absolute atomic E-state index is 4.45. The molecular weight excluding hydrogens is 220 g/mol. The van der Waals surface area contributed by atoms with Crippen LogP contribution in [0.15, 0.2) is 36.4 Å². The van der Waals surface area contributed by atoms with Crippen molar-refractivity contribution in [1.82, 2.24) is 5.32 Å². The van der Waals surface area contributed by atoms with Crippen molar-refractivity contribution in [1.29, 1.82) is 0 Å². The lowest BCUT2D eigenvalue weighted by atomic mass is 9.62. The number of para-hydroxylation sites is 1. The van der Waals surface area contributed by atoms with Crippen LogP contribution in [-0.4, -0.2) is 19.3 Å². The Kier molecular flexibility index (Phi) is 1.88. The molecule has 2 fully saturated rings. The maximum atomic E-state index is 4.45. The van der Waals surface area contributed by atoms with Gasteiger partial charge in [0.05, 0.1) is 5.41 Å². The first-order chi connectivity index (χ1) is 8.72. The minimum Gasteiger partial charge on any atom is -0.355 e. The largest absolute Gasteiger partial charge is 0.355 e. The molecule has 3 aliphatic rings. The van der Waals surface area contributed by atoms with Crippen LogP contribution in [0.4, 0.5) is 5.69 Å². The number of benzene rings is 1. The molecule has 0 bridgehead atoms. The third-order valence-electron chi connectivity index (χ3n) is 5.54. The smallest absolute Gasteiger partial charge is 0.104 e. The van der Waals surface area contributed by atoms with Gasteiger partial charge in [0, 0.05) is 12.7 Å². The van der Waals surface area contributed by atoms with Gasteiger partial charge in [0.1, 0.15) is 5.66 Å². The van der Waals surface area contributed by atoms with E-state index in [2.05, 4.69) is 48.1 Å². The predicted octanol–water partition coefficient (Wildman–Crippen LogP) is 2.80. The van der Waals surface area contributed by atoms with Gasteiger partial charge < -0.3 is 4.90 Å². The third-order valence-corrected chi connectivity index (χ3v) is 5.54. The summed E-state index contributed by atoms with van der Waals surface area (Å²) < 4.78 is 0. The van der Waals surface area contributed by atoms with Crippen LogP contribution in [0, 0.1) is 0 Å². The summed E-state index contributed by atoms with van der Waals surface area (Å²) in [5.74, 6) is 0. The summed E-state index contributed by atoms with van der Waals surface area (Å²) in [4.78, 5) is 2.49. The van der Waals surface area contributed by atoms with Gasteiger partial charge in [0.15, 0.2) is 0 Å². The molecule has 0 unspecified atom stereocenters. The summed E-state index contributed by atoms with van der Waals surface area (Å²) in [6, 6.07) is 8.91. The zero-order valence-electron chi connectivity index (χ0n) is 11.0. The third kappa shape index (κ3) is 0.892. The lowest BCUT2D eigenvalue weighted by Crippen LogP contribution is -2.62. The summed E-state index contributed by atoms with van der Waals surface area (Å²) in [6.07, 6.45) is 4.88. The van der Waals surface area contributed by atoms with Crippen LogP contribution in [0.2, 0.25) is 0 Å². The van der Waals surface area contributed by atoms with E-state index in [0.717, 1.165) is 6.54 Å². The topological polar surface area (TPSA) is 15.3 Å². The van der Waals surface area contributed by atoms with Gasteiger partial charge in [-0.25, -0.2) is 0 Å². The van der Waals surface area contributed by atoms with Crippen molar-refractivity contribution < 1.29 is 0 Å². The molecular formula is C16H20N2. The van der Waals surface area contributed by atoms with Gasteiger partial charge in [0.2, 0.25) is 0 Å². The standard InChI is InChI=1S/C16H20N2/c1-12-6-5-9-16-15(12,10-11-17-16)13-7-3-4-8-14(13)18(16)2/h3-4,7-8,17H,1,5-6,9-11H2,2H3/t15-,16-/m0/s1. The van der Waals surface area contributed by atoms with Crippen LogP contribution in [0.25, 0.3) is 0 Å². The first-order valence-corrected chi connectivity index (χ1v) is 6.99. The van der Waals surface area contributed by atoms with Gasteiger partial charge in [-0.05, 0) is 43.9 Å². The quantitative estimate of drug-likeness (QED) is 0.702. The lowest BCUT2D eigenvalue weighted by Gasteiger charge is -2.49. The lowest BCUT2D eigenvalue weighted by molar-refractivity contribution is 0.225. The number of nitrogens with one attached hydrogen (secondary N) is 1. The highest BCUT2D eigenvalue weighted by atomic mass is 15.4. The molecule has 0 amide bonds. The van der Waals surface area contributed by atoms with Gasteiger partial charge in [-0.3, -0.25) is 5.32 Å². The number of rotatable bonds is 0. The summed E-state index contributed by atoms with van der Waals surface area (Å²) in [5.41, 5.74) is 4.60. The van der Waals surface area contributed by atoms with E-state index in [1.165, 1.54) is 42.5 Å². The van der Waals surface area contributed by atoms with E-state index in [0.29, 0.717) is 0 Å². The maximum Gasteiger partial charge on any atom is 0.104 e. The Morgan fingerprint density at radius 1 is 1.28 bits per heavy atom. The molecule has 2 heteroatoms. The fourth-order valence-corrected chi connectivity index (χ4v) is 4.81. The van der Waals surface area contributed by atoms with Crippen molar-refractivity contribution in [2.24, 2.45) is 0 Å². The molecule has 0 radical (unpaired) electrons. The molecule has 18 heavy (non-hydrogen) atoms. The second-order valence-electron chi connectivity index (χ2n) is 5.98. The highest BCUT2D eigenvalue weighted by Crippen LogP contribution is 2.62. The van der Waals surface area contributed by atoms with Crippen LogP contribution in [0.1, 0.15) is 31.2 Å². The molecule has 0 spiro atoms. The summed E-state index contributed by atoms with van der Waals surface area (Å²) in [6.45, 7) is 5.56. The van der Waals surface area contributed by atoms with E-state index in [9.17, 15) is 0 Å². The Hall–Kier alpha value is -1.28. The summed E-state index contributed by atoms with van der Waals surface area (Å²) in [7, 11) is 2.25. The molecule has 1 saturated heterocycles. The zero-order chi connectivity index (χ0) is 12.4. The number of fused-ring (bicyclic) bond motifs is 1. The molecule has 2 nitrogen and oxygen atoms in total. The summed E-state index contributed by atoms with van der Waals surface area (Å²) >= 11 is 0. The first kappa shape index (κ1) is 10.6. The number of anilines is 1. The molecule has 2 atom stereocenters. The van der Waals surface area contributed by atoms with Crippen LogP contribution < -0.4 is 10.2 Å². The average molecular weight is 240 g/mol. The van der Waals surface area contributed by atoms with E-state index >= 15 is 0 Å². The molecule has 1 saturated carbocycles. The van der Waals surface area contributed by atoms with Crippen molar-refractivity contribution in [3.05, 3.63) is 42.0 Å². The molecule has 2 heterocycles. The van der Waals surface area contributed by atoms with Crippen molar-refractivity contribution in [3.63, 3.8) is 0 Å². The van der Waals surface area contributed by atoms with Crippen molar-refractivity contribution in [2.45, 2.75) is 36.8 Å². The number of likely N-dealkylation sites (N-methyl/N-ethyl adjacent to an activating group) is 1. The fraction of sp³-hybridized carbons (Fsp3) is 0.500. The molecule has 1 aromatic rings. The Bertz CT molecular complexity index is 536. The van der Waals surface area contributed by atoms with Crippen molar-refractivity contribution in [3.8, 4) is 0 Å². The predicted molar refractivity (Wildman–Crippen MR) is 74.9 cm³/mol. The zero-order valence-corrected chi connectivity index (χ0v) is 11.0. The van der Waals surface area contributed by atoms with Crippen LogP contribution >= 0.6 is 0 Å². The van der Waals surface area contributed by atoms with E-state index in [1.807, 2.05) is 0 Å². The van der Waals surface area contributed by atoms with Crippen LogP contribution in [0.5, 0.6) is 0 Å². The second kappa shape index (κ2) is 3.18. The normalized spacial score (nSPS) is 37.4. The molecule has 2 aliphatic heterocycles. The van der Waals surface area contributed by atoms with E-state index in [4.69, 9.17) is 0 Å². The van der Waals surface area contributed by atoms with Crippen molar-refractivity contribution in [2.75, 3.05) is 18.5 Å². The van der Waals surface area contributed by atoms with Gasteiger partial charge in [0.25, 0.3) is 0 Å².